The summed E-state index contributed by atoms with van der Waals surface area (Å²) < 4.78 is 29.6. The third kappa shape index (κ3) is 4.74. The summed E-state index contributed by atoms with van der Waals surface area (Å²) in [6.45, 7) is 6.70. The molecule has 2 aliphatic heterocycles. The minimum atomic E-state index is -3.22. The molecule has 2 aliphatic rings. The molecule has 2 amide bonds. The maximum Gasteiger partial charge on any atom is 0.251 e. The monoisotopic (exact) mass is 471 g/mol. The lowest BCUT2D eigenvalue weighted by Gasteiger charge is -2.38. The fourth-order valence-electron chi connectivity index (χ4n) is 4.37. The van der Waals surface area contributed by atoms with Crippen LogP contribution in [0.1, 0.15) is 20.3 Å². The Bertz CT molecular complexity index is 1130. The van der Waals surface area contributed by atoms with Crippen molar-refractivity contribution in [3.63, 3.8) is 0 Å². The molecule has 33 heavy (non-hydrogen) atoms. The van der Waals surface area contributed by atoms with E-state index in [2.05, 4.69) is 9.80 Å². The van der Waals surface area contributed by atoms with E-state index < -0.39 is 15.9 Å². The number of sulfone groups is 1. The van der Waals surface area contributed by atoms with E-state index in [1.807, 2.05) is 19.1 Å². The Labute approximate surface area is 194 Å². The third-order valence-corrected chi connectivity index (χ3v) is 7.96. The lowest BCUT2D eigenvalue weighted by atomic mass is 10.1. The molecule has 0 aliphatic carbocycles. The number of carbonyl (C=O) groups is 2. The molecular weight excluding hydrogens is 442 g/mol. The number of nitrogens with zero attached hydrogens (tertiary/aromatic N) is 3. The van der Waals surface area contributed by atoms with Crippen LogP contribution in [0, 0.1) is 0 Å². The molecule has 0 aromatic heterocycles. The highest BCUT2D eigenvalue weighted by Crippen LogP contribution is 2.29. The number of carbonyl (C=O) groups excluding carboxylic acids is 2. The van der Waals surface area contributed by atoms with Crippen LogP contribution >= 0.6 is 0 Å². The van der Waals surface area contributed by atoms with Crippen molar-refractivity contribution in [2.45, 2.75) is 31.2 Å². The van der Waals surface area contributed by atoms with Crippen LogP contribution in [0.3, 0.4) is 0 Å². The first-order valence-corrected chi connectivity index (χ1v) is 12.9. The van der Waals surface area contributed by atoms with E-state index >= 15 is 0 Å². The SMILES string of the molecule is CCOc1cccc(N2C(=O)C[C@@H](N3CCN(c4ccc(S(=O)(=O)CC)cc4)CC3)C2=O)c1. The molecule has 2 fully saturated rings. The molecule has 9 heteroatoms. The Hall–Kier alpha value is -2.91. The highest BCUT2D eigenvalue weighted by Gasteiger charge is 2.43. The van der Waals surface area contributed by atoms with Crippen LogP contribution in [0.2, 0.25) is 0 Å². The van der Waals surface area contributed by atoms with Crippen LogP contribution in [0.25, 0.3) is 0 Å². The number of imide groups is 1. The molecule has 1 atom stereocenters. The van der Waals surface area contributed by atoms with E-state index in [0.29, 0.717) is 49.1 Å². The molecule has 8 nitrogen and oxygen atoms in total. The van der Waals surface area contributed by atoms with E-state index in [0.717, 1.165) is 5.69 Å². The van der Waals surface area contributed by atoms with E-state index in [9.17, 15) is 18.0 Å². The number of hydrogen-bond donors (Lipinski definition) is 0. The van der Waals surface area contributed by atoms with Gasteiger partial charge >= 0.3 is 0 Å². The van der Waals surface area contributed by atoms with Gasteiger partial charge in [-0.25, -0.2) is 13.3 Å². The van der Waals surface area contributed by atoms with Crippen LogP contribution in [0.5, 0.6) is 5.75 Å². The molecule has 0 radical (unpaired) electrons. The molecule has 2 saturated heterocycles. The van der Waals surface area contributed by atoms with Gasteiger partial charge in [0.1, 0.15) is 5.75 Å². The molecule has 2 aromatic rings. The van der Waals surface area contributed by atoms with Crippen molar-refractivity contribution in [3.8, 4) is 5.75 Å². The number of amides is 2. The van der Waals surface area contributed by atoms with Crippen molar-refractivity contribution in [1.82, 2.24) is 4.90 Å². The maximum absolute atomic E-state index is 13.1. The Balaban J connectivity index is 1.40. The number of rotatable bonds is 7. The van der Waals surface area contributed by atoms with Gasteiger partial charge in [0, 0.05) is 37.9 Å². The summed E-state index contributed by atoms with van der Waals surface area (Å²) in [5.74, 6) is 0.307. The molecule has 0 unspecified atom stereocenters. The quantitative estimate of drug-likeness (QED) is 0.573. The minimum Gasteiger partial charge on any atom is -0.494 e. The standard InChI is InChI=1S/C24H29N3O5S/c1-3-32-20-7-5-6-19(16-20)27-23(28)17-22(24(27)29)26-14-12-25(13-15-26)18-8-10-21(11-9-18)33(30,31)4-2/h5-11,16,22H,3-4,12-15,17H2,1-2H3/t22-/m1/s1. The lowest BCUT2D eigenvalue weighted by molar-refractivity contribution is -0.123. The van der Waals surface area contributed by atoms with Crippen LogP contribution in [0.15, 0.2) is 53.4 Å². The fraction of sp³-hybridized carbons (Fsp3) is 0.417. The van der Waals surface area contributed by atoms with Gasteiger partial charge in [0.25, 0.3) is 5.91 Å². The molecule has 0 bridgehead atoms. The molecule has 2 heterocycles. The first kappa shape index (κ1) is 23.3. The average molecular weight is 472 g/mol. The number of hydrogen-bond acceptors (Lipinski definition) is 7. The van der Waals surface area contributed by atoms with E-state index in [4.69, 9.17) is 4.74 Å². The summed E-state index contributed by atoms with van der Waals surface area (Å²) in [5, 5.41) is 0. The van der Waals surface area contributed by atoms with Crippen LogP contribution in [-0.2, 0) is 19.4 Å². The number of piperazine rings is 1. The van der Waals surface area contributed by atoms with Gasteiger partial charge in [-0.2, -0.15) is 0 Å². The highest BCUT2D eigenvalue weighted by atomic mass is 32.2. The van der Waals surface area contributed by atoms with E-state index in [-0.39, 0.29) is 24.0 Å². The zero-order valence-electron chi connectivity index (χ0n) is 18.9. The molecule has 0 spiro atoms. The van der Waals surface area contributed by atoms with Crippen LogP contribution < -0.4 is 14.5 Å². The van der Waals surface area contributed by atoms with Crippen molar-refractivity contribution in [2.24, 2.45) is 0 Å². The van der Waals surface area contributed by atoms with Crippen molar-refractivity contribution in [3.05, 3.63) is 48.5 Å². The zero-order valence-corrected chi connectivity index (χ0v) is 19.8. The predicted octanol–water partition coefficient (Wildman–Crippen LogP) is 2.33. The van der Waals surface area contributed by atoms with Crippen molar-refractivity contribution in [2.75, 3.05) is 48.3 Å². The van der Waals surface area contributed by atoms with Crippen LogP contribution in [-0.4, -0.2) is 69.7 Å². The summed E-state index contributed by atoms with van der Waals surface area (Å²) in [5.41, 5.74) is 1.49. The Kier molecular flexibility index (Phi) is 6.71. The highest BCUT2D eigenvalue weighted by molar-refractivity contribution is 7.91. The molecule has 4 rings (SSSR count). The van der Waals surface area contributed by atoms with Gasteiger partial charge in [0.05, 0.1) is 35.4 Å². The van der Waals surface area contributed by atoms with Gasteiger partial charge < -0.3 is 9.64 Å². The molecule has 0 N–H and O–H groups in total. The molecular formula is C24H29N3O5S. The first-order valence-electron chi connectivity index (χ1n) is 11.3. The Morgan fingerprint density at radius 2 is 1.64 bits per heavy atom. The van der Waals surface area contributed by atoms with E-state index in [1.165, 1.54) is 4.90 Å². The Morgan fingerprint density at radius 3 is 2.27 bits per heavy atom. The van der Waals surface area contributed by atoms with Gasteiger partial charge in [-0.15, -0.1) is 0 Å². The number of benzene rings is 2. The number of anilines is 2. The Morgan fingerprint density at radius 1 is 0.939 bits per heavy atom. The number of ether oxygens (including phenoxy) is 1. The smallest absolute Gasteiger partial charge is 0.251 e. The predicted molar refractivity (Wildman–Crippen MR) is 126 cm³/mol. The second kappa shape index (κ2) is 9.52. The lowest BCUT2D eigenvalue weighted by Crippen LogP contribution is -2.52. The maximum atomic E-state index is 13.1. The molecule has 0 saturated carbocycles. The molecule has 2 aromatic carbocycles. The summed E-state index contributed by atoms with van der Waals surface area (Å²) >= 11 is 0. The van der Waals surface area contributed by atoms with Gasteiger partial charge in [0.2, 0.25) is 5.91 Å². The average Bonchev–Trinajstić information content (AvgIpc) is 3.13. The summed E-state index contributed by atoms with van der Waals surface area (Å²) in [4.78, 5) is 31.7. The van der Waals surface area contributed by atoms with E-state index in [1.54, 1.807) is 43.3 Å². The second-order valence-electron chi connectivity index (χ2n) is 8.14. The minimum absolute atomic E-state index is 0.0755. The van der Waals surface area contributed by atoms with Crippen molar-refractivity contribution in [1.29, 1.82) is 0 Å². The van der Waals surface area contributed by atoms with Gasteiger partial charge in [0.15, 0.2) is 9.84 Å². The topological polar surface area (TPSA) is 87.2 Å². The normalized spacial score (nSPS) is 19.9. The third-order valence-electron chi connectivity index (χ3n) is 6.21. The largest absolute Gasteiger partial charge is 0.494 e. The first-order chi connectivity index (χ1) is 15.8. The van der Waals surface area contributed by atoms with Crippen molar-refractivity contribution < 1.29 is 22.7 Å². The zero-order chi connectivity index (χ0) is 23.6. The second-order valence-corrected chi connectivity index (χ2v) is 10.4. The van der Waals surface area contributed by atoms with Crippen molar-refractivity contribution >= 4 is 33.0 Å². The molecule has 176 valence electrons. The van der Waals surface area contributed by atoms with Gasteiger partial charge in [-0.1, -0.05) is 13.0 Å². The summed E-state index contributed by atoms with van der Waals surface area (Å²) in [7, 11) is -3.22. The van der Waals surface area contributed by atoms with Crippen LogP contribution in [0.4, 0.5) is 11.4 Å². The van der Waals surface area contributed by atoms with Gasteiger partial charge in [-0.05, 0) is 43.3 Å². The van der Waals surface area contributed by atoms with Gasteiger partial charge in [-0.3, -0.25) is 14.5 Å². The fourth-order valence-corrected chi connectivity index (χ4v) is 5.26. The summed E-state index contributed by atoms with van der Waals surface area (Å²) in [6.07, 6.45) is 0.168. The summed E-state index contributed by atoms with van der Waals surface area (Å²) in [6, 6.07) is 13.5.